The second-order valence-corrected chi connectivity index (χ2v) is 8.50. The molecule has 0 aliphatic carbocycles. The SMILES string of the molecule is COC[C@@H]1CCN(C)C2(C1)CN(S(=O)(=O)c1cn(C)cn1)C2. The molecule has 124 valence electrons. The lowest BCUT2D eigenvalue weighted by atomic mass is 9.77. The van der Waals surface area contributed by atoms with Gasteiger partial charge < -0.3 is 9.30 Å². The molecule has 22 heavy (non-hydrogen) atoms. The van der Waals surface area contributed by atoms with Crippen molar-refractivity contribution < 1.29 is 13.2 Å². The molecule has 8 heteroatoms. The molecule has 2 fully saturated rings. The summed E-state index contributed by atoms with van der Waals surface area (Å²) in [5.74, 6) is 0.515. The third kappa shape index (κ3) is 2.58. The molecule has 1 spiro atoms. The van der Waals surface area contributed by atoms with Crippen LogP contribution in [0.2, 0.25) is 0 Å². The standard InChI is InChI=1S/C14H24N4O3S/c1-16-7-13(15-11-16)22(19,20)18-9-14(10-18)6-12(8-21-3)4-5-17(14)2/h7,11-12H,4-6,8-10H2,1-3H3/t12-/m1/s1. The third-order valence-electron chi connectivity index (χ3n) is 4.98. The minimum absolute atomic E-state index is 0.0384. The van der Waals surface area contributed by atoms with Gasteiger partial charge >= 0.3 is 0 Å². The van der Waals surface area contributed by atoms with Crippen LogP contribution in [0.25, 0.3) is 0 Å². The predicted molar refractivity (Wildman–Crippen MR) is 81.9 cm³/mol. The Labute approximate surface area is 131 Å². The Balaban J connectivity index is 1.72. The summed E-state index contributed by atoms with van der Waals surface area (Å²) in [6.07, 6.45) is 5.17. The van der Waals surface area contributed by atoms with Crippen LogP contribution in [0.1, 0.15) is 12.8 Å². The van der Waals surface area contributed by atoms with Crippen LogP contribution in [0.3, 0.4) is 0 Å². The monoisotopic (exact) mass is 328 g/mol. The molecule has 0 saturated carbocycles. The first-order valence-corrected chi connectivity index (χ1v) is 9.00. The fourth-order valence-electron chi connectivity index (χ4n) is 3.59. The summed E-state index contributed by atoms with van der Waals surface area (Å²) in [4.78, 5) is 6.30. The average Bonchev–Trinajstić information content (AvgIpc) is 2.86. The van der Waals surface area contributed by atoms with E-state index in [1.165, 1.54) is 6.33 Å². The van der Waals surface area contributed by atoms with Crippen LogP contribution >= 0.6 is 0 Å². The molecule has 1 atom stereocenters. The molecule has 0 bridgehead atoms. The molecule has 1 aromatic heterocycles. The first-order chi connectivity index (χ1) is 10.4. The van der Waals surface area contributed by atoms with Crippen LogP contribution in [-0.2, 0) is 21.8 Å². The van der Waals surface area contributed by atoms with E-state index in [-0.39, 0.29) is 10.6 Å². The van der Waals surface area contributed by atoms with Gasteiger partial charge in [0.2, 0.25) is 0 Å². The Morgan fingerprint density at radius 3 is 2.73 bits per heavy atom. The third-order valence-corrected chi connectivity index (χ3v) is 6.66. The van der Waals surface area contributed by atoms with Gasteiger partial charge in [-0.25, -0.2) is 13.4 Å². The van der Waals surface area contributed by atoms with Crippen LogP contribution in [-0.4, -0.2) is 73.1 Å². The number of aryl methyl sites for hydroxylation is 1. The highest BCUT2D eigenvalue weighted by Gasteiger charge is 2.53. The van der Waals surface area contributed by atoms with E-state index in [0.29, 0.717) is 19.0 Å². The molecule has 2 aliphatic rings. The van der Waals surface area contributed by atoms with Gasteiger partial charge in [0, 0.05) is 45.6 Å². The van der Waals surface area contributed by atoms with Gasteiger partial charge in [0.25, 0.3) is 10.0 Å². The average molecular weight is 328 g/mol. The van der Waals surface area contributed by atoms with Crippen molar-refractivity contribution in [3.05, 3.63) is 12.5 Å². The van der Waals surface area contributed by atoms with Gasteiger partial charge in [-0.05, 0) is 32.4 Å². The topological polar surface area (TPSA) is 67.7 Å². The summed E-state index contributed by atoms with van der Waals surface area (Å²) in [7, 11) is 2.12. The van der Waals surface area contributed by atoms with Crippen LogP contribution in [0.4, 0.5) is 0 Å². The number of imidazole rings is 1. The van der Waals surface area contributed by atoms with E-state index in [4.69, 9.17) is 4.74 Å². The lowest BCUT2D eigenvalue weighted by Crippen LogP contribution is -2.72. The molecular weight excluding hydrogens is 304 g/mol. The minimum atomic E-state index is -3.47. The molecule has 2 saturated heterocycles. The largest absolute Gasteiger partial charge is 0.384 e. The summed E-state index contributed by atoms with van der Waals surface area (Å²) in [6.45, 7) is 2.83. The lowest BCUT2D eigenvalue weighted by molar-refractivity contribution is -0.0548. The molecule has 2 aliphatic heterocycles. The predicted octanol–water partition coefficient (Wildman–Crippen LogP) is 0.151. The maximum absolute atomic E-state index is 12.6. The molecule has 0 unspecified atom stereocenters. The molecule has 0 N–H and O–H groups in total. The van der Waals surface area contributed by atoms with Gasteiger partial charge in [-0.3, -0.25) is 4.90 Å². The normalized spacial score (nSPS) is 26.2. The molecule has 7 nitrogen and oxygen atoms in total. The Bertz CT molecular complexity index is 636. The number of hydrogen-bond acceptors (Lipinski definition) is 5. The molecule has 0 radical (unpaired) electrons. The number of rotatable bonds is 4. The first kappa shape index (κ1) is 15.9. The molecule has 3 heterocycles. The number of methoxy groups -OCH3 is 1. The Morgan fingerprint density at radius 1 is 1.41 bits per heavy atom. The van der Waals surface area contributed by atoms with Gasteiger partial charge in [0.15, 0.2) is 5.03 Å². The van der Waals surface area contributed by atoms with E-state index in [2.05, 4.69) is 16.9 Å². The number of sulfonamides is 1. The van der Waals surface area contributed by atoms with Crippen molar-refractivity contribution in [2.75, 3.05) is 40.4 Å². The number of likely N-dealkylation sites (N-methyl/N-ethyl adjacent to an activating group) is 1. The zero-order chi connectivity index (χ0) is 16.0. The number of nitrogens with zero attached hydrogens (tertiary/aromatic N) is 4. The fraction of sp³-hybridized carbons (Fsp3) is 0.786. The van der Waals surface area contributed by atoms with Gasteiger partial charge in [0.1, 0.15) is 0 Å². The fourth-order valence-corrected chi connectivity index (χ4v) is 5.16. The van der Waals surface area contributed by atoms with Crippen molar-refractivity contribution in [3.8, 4) is 0 Å². The number of likely N-dealkylation sites (tertiary alicyclic amines) is 1. The maximum atomic E-state index is 12.6. The Kier molecular flexibility index (Phi) is 4.05. The Hall–Kier alpha value is -0.960. The Morgan fingerprint density at radius 2 is 2.14 bits per heavy atom. The smallest absolute Gasteiger partial charge is 0.262 e. The van der Waals surface area contributed by atoms with E-state index < -0.39 is 10.0 Å². The molecule has 1 aromatic rings. The summed E-state index contributed by atoms with van der Waals surface area (Å²) < 4.78 is 33.6. The van der Waals surface area contributed by atoms with Crippen molar-refractivity contribution >= 4 is 10.0 Å². The van der Waals surface area contributed by atoms with Crippen LogP contribution in [0.5, 0.6) is 0 Å². The zero-order valence-corrected chi connectivity index (χ0v) is 14.2. The molecule has 0 amide bonds. The number of ether oxygens (including phenoxy) is 1. The van der Waals surface area contributed by atoms with E-state index in [0.717, 1.165) is 26.0 Å². The van der Waals surface area contributed by atoms with Crippen LogP contribution < -0.4 is 0 Å². The van der Waals surface area contributed by atoms with Gasteiger partial charge in [0.05, 0.1) is 6.33 Å². The first-order valence-electron chi connectivity index (χ1n) is 7.56. The van der Waals surface area contributed by atoms with Gasteiger partial charge in [-0.1, -0.05) is 0 Å². The van der Waals surface area contributed by atoms with Crippen molar-refractivity contribution in [2.24, 2.45) is 13.0 Å². The van der Waals surface area contributed by atoms with Crippen LogP contribution in [0.15, 0.2) is 17.6 Å². The highest BCUT2D eigenvalue weighted by atomic mass is 32.2. The lowest BCUT2D eigenvalue weighted by Gasteiger charge is -2.57. The number of aromatic nitrogens is 2. The summed E-state index contributed by atoms with van der Waals surface area (Å²) in [6, 6.07) is 0. The number of hydrogen-bond donors (Lipinski definition) is 0. The maximum Gasteiger partial charge on any atom is 0.262 e. The van der Waals surface area contributed by atoms with Gasteiger partial charge in [-0.15, -0.1) is 0 Å². The zero-order valence-electron chi connectivity index (χ0n) is 13.4. The summed E-state index contributed by atoms with van der Waals surface area (Å²) in [5.41, 5.74) is -0.0384. The number of piperidine rings is 1. The highest BCUT2D eigenvalue weighted by molar-refractivity contribution is 7.89. The van der Waals surface area contributed by atoms with Crippen molar-refractivity contribution in [1.82, 2.24) is 18.8 Å². The molecule has 0 aromatic carbocycles. The minimum Gasteiger partial charge on any atom is -0.384 e. The van der Waals surface area contributed by atoms with Crippen LogP contribution in [0, 0.1) is 5.92 Å². The molecule has 3 rings (SSSR count). The molecular formula is C14H24N4O3S. The van der Waals surface area contributed by atoms with E-state index in [9.17, 15) is 8.42 Å². The van der Waals surface area contributed by atoms with Crippen molar-refractivity contribution in [1.29, 1.82) is 0 Å². The van der Waals surface area contributed by atoms with E-state index in [1.807, 2.05) is 0 Å². The van der Waals surface area contributed by atoms with E-state index >= 15 is 0 Å². The van der Waals surface area contributed by atoms with E-state index in [1.54, 1.807) is 29.2 Å². The quantitative estimate of drug-likeness (QED) is 0.787. The summed E-state index contributed by atoms with van der Waals surface area (Å²) >= 11 is 0. The summed E-state index contributed by atoms with van der Waals surface area (Å²) in [5, 5.41) is 0.136. The highest BCUT2D eigenvalue weighted by Crippen LogP contribution is 2.40. The second-order valence-electron chi connectivity index (χ2n) is 6.61. The van der Waals surface area contributed by atoms with Crippen molar-refractivity contribution in [2.45, 2.75) is 23.4 Å². The van der Waals surface area contributed by atoms with Crippen molar-refractivity contribution in [3.63, 3.8) is 0 Å². The second kappa shape index (κ2) is 5.59. The van der Waals surface area contributed by atoms with Gasteiger partial charge in [-0.2, -0.15) is 4.31 Å².